The molecule has 2 aliphatic heterocycles. The number of rotatable bonds is 5. The molecule has 2 rings (SSSR count). The van der Waals surface area contributed by atoms with E-state index < -0.39 is 74.6 Å². The Morgan fingerprint density at radius 3 is 1.79 bits per heavy atom. The van der Waals surface area contributed by atoms with Crippen LogP contribution in [0, 0.1) is 0 Å². The average molecular weight is 356 g/mol. The molecule has 0 aliphatic carbocycles. The molecule has 0 radical (unpaired) electrons. The number of aliphatic hydroxyl groups excluding tert-OH is 7. The number of aliphatic hydroxyl groups is 7. The molecular weight excluding hydrogens is 332 g/mol. The van der Waals surface area contributed by atoms with Crippen molar-refractivity contribution in [2.75, 3.05) is 20.3 Å². The quantitative estimate of drug-likeness (QED) is 0.251. The van der Waals surface area contributed by atoms with Gasteiger partial charge in [0.05, 0.1) is 13.2 Å². The van der Waals surface area contributed by atoms with Crippen LogP contribution in [0.2, 0.25) is 0 Å². The maximum absolute atomic E-state index is 10.2. The molecule has 2 fully saturated rings. The second kappa shape index (κ2) is 8.29. The predicted octanol–water partition coefficient (Wildman–Crippen LogP) is -4.74. The van der Waals surface area contributed by atoms with E-state index in [1.807, 2.05) is 0 Å². The zero-order valence-corrected chi connectivity index (χ0v) is 13.0. The smallest absolute Gasteiger partial charge is 0.187 e. The van der Waals surface area contributed by atoms with Gasteiger partial charge >= 0.3 is 0 Å². The Morgan fingerprint density at radius 1 is 0.708 bits per heavy atom. The van der Waals surface area contributed by atoms with Gasteiger partial charge in [0.2, 0.25) is 0 Å². The molecule has 0 unspecified atom stereocenters. The Kier molecular flexibility index (Phi) is 6.87. The highest BCUT2D eigenvalue weighted by molar-refractivity contribution is 4.93. The first kappa shape index (κ1) is 19.9. The van der Waals surface area contributed by atoms with Crippen molar-refractivity contribution in [3.8, 4) is 0 Å². The van der Waals surface area contributed by atoms with E-state index in [-0.39, 0.29) is 0 Å². The van der Waals surface area contributed by atoms with Crippen molar-refractivity contribution < 1.29 is 54.7 Å². The van der Waals surface area contributed by atoms with Crippen LogP contribution in [0.25, 0.3) is 0 Å². The zero-order valence-electron chi connectivity index (χ0n) is 13.0. The van der Waals surface area contributed by atoms with E-state index in [0.29, 0.717) is 0 Å². The molecule has 0 amide bonds. The maximum atomic E-state index is 10.2. The zero-order chi connectivity index (χ0) is 18.0. The summed E-state index contributed by atoms with van der Waals surface area (Å²) in [4.78, 5) is 0. The fraction of sp³-hybridized carbons (Fsp3) is 1.00. The lowest BCUT2D eigenvalue weighted by atomic mass is 9.97. The summed E-state index contributed by atoms with van der Waals surface area (Å²) < 4.78 is 20.6. The first-order chi connectivity index (χ1) is 11.3. The van der Waals surface area contributed by atoms with Crippen molar-refractivity contribution in [2.24, 2.45) is 0 Å². The van der Waals surface area contributed by atoms with E-state index in [4.69, 9.17) is 24.1 Å². The highest BCUT2D eigenvalue weighted by Gasteiger charge is 2.50. The minimum atomic E-state index is -1.69. The molecule has 11 nitrogen and oxygen atoms in total. The summed E-state index contributed by atoms with van der Waals surface area (Å²) in [6.45, 7) is -1.24. The molecule has 10 atom stereocenters. The Hall–Kier alpha value is -0.440. The van der Waals surface area contributed by atoms with E-state index in [2.05, 4.69) is 0 Å². The van der Waals surface area contributed by atoms with Gasteiger partial charge in [0.25, 0.3) is 0 Å². The lowest BCUT2D eigenvalue weighted by Gasteiger charge is -2.45. The molecule has 0 bridgehead atoms. The van der Waals surface area contributed by atoms with E-state index in [1.165, 1.54) is 7.11 Å². The summed E-state index contributed by atoms with van der Waals surface area (Å²) in [5.41, 5.74) is 0. The summed E-state index contributed by atoms with van der Waals surface area (Å²) in [7, 11) is 1.24. The van der Waals surface area contributed by atoms with Gasteiger partial charge in [-0.2, -0.15) is 0 Å². The number of hydrogen-bond acceptors (Lipinski definition) is 11. The van der Waals surface area contributed by atoms with Crippen LogP contribution in [0.15, 0.2) is 0 Å². The third kappa shape index (κ3) is 3.71. The Labute approximate surface area is 137 Å². The van der Waals surface area contributed by atoms with Crippen molar-refractivity contribution in [3.63, 3.8) is 0 Å². The Morgan fingerprint density at radius 2 is 1.25 bits per heavy atom. The first-order valence-corrected chi connectivity index (χ1v) is 7.46. The molecular formula is C13H24O11. The van der Waals surface area contributed by atoms with Gasteiger partial charge < -0.3 is 54.7 Å². The van der Waals surface area contributed by atoms with E-state index in [1.54, 1.807) is 0 Å². The molecule has 0 aromatic rings. The molecule has 24 heavy (non-hydrogen) atoms. The maximum Gasteiger partial charge on any atom is 0.187 e. The number of methoxy groups -OCH3 is 1. The van der Waals surface area contributed by atoms with E-state index in [9.17, 15) is 30.6 Å². The molecule has 142 valence electrons. The van der Waals surface area contributed by atoms with E-state index in [0.717, 1.165) is 0 Å². The van der Waals surface area contributed by atoms with Crippen LogP contribution in [0.4, 0.5) is 0 Å². The fourth-order valence-electron chi connectivity index (χ4n) is 2.75. The number of ether oxygens (including phenoxy) is 4. The fourth-order valence-corrected chi connectivity index (χ4v) is 2.75. The van der Waals surface area contributed by atoms with Gasteiger partial charge in [-0.3, -0.25) is 0 Å². The van der Waals surface area contributed by atoms with Gasteiger partial charge in [0, 0.05) is 7.11 Å². The Balaban J connectivity index is 2.12. The molecule has 7 N–H and O–H groups in total. The third-order valence-electron chi connectivity index (χ3n) is 4.19. The van der Waals surface area contributed by atoms with Gasteiger partial charge in [-0.05, 0) is 0 Å². The van der Waals surface area contributed by atoms with Crippen molar-refractivity contribution in [3.05, 3.63) is 0 Å². The molecule has 0 aromatic carbocycles. The minimum absolute atomic E-state index is 0.592. The highest BCUT2D eigenvalue weighted by atomic mass is 16.7. The molecule has 11 heteroatoms. The van der Waals surface area contributed by atoms with Crippen molar-refractivity contribution in [1.29, 1.82) is 0 Å². The average Bonchev–Trinajstić information content (AvgIpc) is 2.59. The van der Waals surface area contributed by atoms with Gasteiger partial charge in [-0.1, -0.05) is 0 Å². The van der Waals surface area contributed by atoms with Gasteiger partial charge in [-0.15, -0.1) is 0 Å². The van der Waals surface area contributed by atoms with Crippen LogP contribution in [-0.2, 0) is 18.9 Å². The summed E-state index contributed by atoms with van der Waals surface area (Å²) >= 11 is 0. The van der Waals surface area contributed by atoms with Gasteiger partial charge in [0.1, 0.15) is 48.8 Å². The molecule has 2 heterocycles. The predicted molar refractivity (Wildman–Crippen MR) is 73.4 cm³/mol. The van der Waals surface area contributed by atoms with Crippen LogP contribution in [-0.4, -0.2) is 117 Å². The molecule has 0 spiro atoms. The summed E-state index contributed by atoms with van der Waals surface area (Å²) in [6.07, 6.45) is -14.3. The van der Waals surface area contributed by atoms with Gasteiger partial charge in [0.15, 0.2) is 12.6 Å². The topological polar surface area (TPSA) is 179 Å². The minimum Gasteiger partial charge on any atom is -0.394 e. The summed E-state index contributed by atoms with van der Waals surface area (Å²) in [6, 6.07) is 0. The summed E-state index contributed by atoms with van der Waals surface area (Å²) in [5, 5.41) is 68.0. The van der Waals surface area contributed by atoms with Gasteiger partial charge in [-0.25, -0.2) is 0 Å². The molecule has 2 saturated heterocycles. The van der Waals surface area contributed by atoms with Crippen LogP contribution in [0.1, 0.15) is 0 Å². The first-order valence-electron chi connectivity index (χ1n) is 7.46. The second-order valence-corrected chi connectivity index (χ2v) is 5.74. The molecule has 0 aromatic heterocycles. The SMILES string of the molecule is CO[C@H]1O[C@H](CO)[C@H](O[C@@H]2O[C@H](CO)[C@H](O)[C@H](O)[C@H]2O)[C@H](O)[C@H]1O. The highest BCUT2D eigenvalue weighted by Crippen LogP contribution is 2.29. The largest absolute Gasteiger partial charge is 0.394 e. The molecule has 2 aliphatic rings. The standard InChI is InChI=1S/C13H24O11/c1-21-12-10(20)8(18)11(5(3-15)23-12)24-13-9(19)7(17)6(16)4(2-14)22-13/h4-20H,2-3H2,1H3/t4-,5-,6+,7+,8-,9-,10-,11+,12+,13+/m1/s1. The van der Waals surface area contributed by atoms with Crippen molar-refractivity contribution in [2.45, 2.75) is 61.4 Å². The number of hydrogen-bond donors (Lipinski definition) is 7. The summed E-state index contributed by atoms with van der Waals surface area (Å²) in [5.74, 6) is 0. The lowest BCUT2D eigenvalue weighted by molar-refractivity contribution is -0.357. The third-order valence-corrected chi connectivity index (χ3v) is 4.19. The lowest BCUT2D eigenvalue weighted by Crippen LogP contribution is -2.64. The monoisotopic (exact) mass is 356 g/mol. The van der Waals surface area contributed by atoms with Crippen LogP contribution in [0.3, 0.4) is 0 Å². The van der Waals surface area contributed by atoms with Crippen molar-refractivity contribution >= 4 is 0 Å². The van der Waals surface area contributed by atoms with Crippen LogP contribution in [0.5, 0.6) is 0 Å². The van der Waals surface area contributed by atoms with Crippen LogP contribution < -0.4 is 0 Å². The molecule has 0 saturated carbocycles. The second-order valence-electron chi connectivity index (χ2n) is 5.74. The van der Waals surface area contributed by atoms with Crippen LogP contribution >= 0.6 is 0 Å². The normalized spacial score (nSPS) is 50.0. The van der Waals surface area contributed by atoms with E-state index >= 15 is 0 Å². The Bertz CT molecular complexity index is 392. The van der Waals surface area contributed by atoms with Crippen molar-refractivity contribution in [1.82, 2.24) is 0 Å².